The topological polar surface area (TPSA) is 78.4 Å². The van der Waals surface area contributed by atoms with Crippen LogP contribution in [-0.2, 0) is 0 Å². The number of nitrogens with one attached hydrogen (secondary N) is 2. The zero-order chi connectivity index (χ0) is 14.5. The van der Waals surface area contributed by atoms with Crippen molar-refractivity contribution >= 4 is 29.6 Å². The molecule has 1 fully saturated rings. The van der Waals surface area contributed by atoms with Crippen molar-refractivity contribution in [3.8, 4) is 5.75 Å². The monoisotopic (exact) mass is 296 g/mol. The fraction of sp³-hybridized carbons (Fsp3) is 0.429. The number of aldehydes is 1. The van der Waals surface area contributed by atoms with Crippen molar-refractivity contribution < 1.29 is 14.7 Å². The Labute approximate surface area is 122 Å². The van der Waals surface area contributed by atoms with Crippen LogP contribution in [0.5, 0.6) is 5.75 Å². The molecule has 108 valence electrons. The Bertz CT molecular complexity index is 513. The number of anilines is 1. The van der Waals surface area contributed by atoms with Crippen LogP contribution in [0.25, 0.3) is 0 Å². The summed E-state index contributed by atoms with van der Waals surface area (Å²) in [5.41, 5.74) is 0.425. The third-order valence-corrected chi connectivity index (χ3v) is 3.71. The maximum absolute atomic E-state index is 11.9. The molecular weight excluding hydrogens is 280 g/mol. The van der Waals surface area contributed by atoms with E-state index in [0.717, 1.165) is 25.7 Å². The molecule has 0 aliphatic heterocycles. The number of carbonyl (C=O) groups is 2. The summed E-state index contributed by atoms with van der Waals surface area (Å²) in [6.45, 7) is 0. The van der Waals surface area contributed by atoms with Crippen LogP contribution in [0.2, 0.25) is 5.02 Å². The number of halogens is 1. The normalized spacial score (nSPS) is 15.7. The van der Waals surface area contributed by atoms with Crippen molar-refractivity contribution in [2.75, 3.05) is 5.32 Å². The Morgan fingerprint density at radius 1 is 1.30 bits per heavy atom. The highest BCUT2D eigenvalue weighted by Crippen LogP contribution is 2.30. The highest BCUT2D eigenvalue weighted by Gasteiger charge is 2.16. The van der Waals surface area contributed by atoms with Gasteiger partial charge in [-0.05, 0) is 25.0 Å². The molecule has 0 heterocycles. The minimum Gasteiger partial charge on any atom is -0.506 e. The van der Waals surface area contributed by atoms with Gasteiger partial charge in [0.1, 0.15) is 5.75 Å². The number of carbonyl (C=O) groups excluding carboxylic acids is 2. The summed E-state index contributed by atoms with van der Waals surface area (Å²) < 4.78 is 0. The first-order valence-electron chi connectivity index (χ1n) is 6.65. The lowest BCUT2D eigenvalue weighted by molar-refractivity contribution is 0.112. The summed E-state index contributed by atoms with van der Waals surface area (Å²) in [5, 5.41) is 15.1. The molecule has 20 heavy (non-hydrogen) atoms. The van der Waals surface area contributed by atoms with Crippen LogP contribution in [0.3, 0.4) is 0 Å². The van der Waals surface area contributed by atoms with Gasteiger partial charge in [0.2, 0.25) is 0 Å². The van der Waals surface area contributed by atoms with E-state index in [4.69, 9.17) is 11.6 Å². The lowest BCUT2D eigenvalue weighted by Gasteiger charge is -2.23. The molecule has 1 aromatic carbocycles. The van der Waals surface area contributed by atoms with Crippen LogP contribution in [0.1, 0.15) is 42.5 Å². The summed E-state index contributed by atoms with van der Waals surface area (Å²) in [5.74, 6) is -0.278. The van der Waals surface area contributed by atoms with Gasteiger partial charge in [-0.3, -0.25) is 4.79 Å². The van der Waals surface area contributed by atoms with Gasteiger partial charge in [-0.25, -0.2) is 4.79 Å². The summed E-state index contributed by atoms with van der Waals surface area (Å²) >= 11 is 5.79. The van der Waals surface area contributed by atoms with Gasteiger partial charge in [-0.2, -0.15) is 0 Å². The first-order chi connectivity index (χ1) is 9.60. The molecule has 1 aliphatic carbocycles. The van der Waals surface area contributed by atoms with Crippen molar-refractivity contribution in [3.05, 3.63) is 22.7 Å². The van der Waals surface area contributed by atoms with Crippen LogP contribution in [0.4, 0.5) is 10.5 Å². The molecule has 0 aromatic heterocycles. The number of benzene rings is 1. The van der Waals surface area contributed by atoms with E-state index in [1.807, 2.05) is 0 Å². The lowest BCUT2D eigenvalue weighted by atomic mass is 9.96. The second-order valence-corrected chi connectivity index (χ2v) is 5.35. The van der Waals surface area contributed by atoms with E-state index in [1.165, 1.54) is 18.6 Å². The number of phenolic OH excluding ortho intramolecular Hbond substituents is 1. The Hall–Kier alpha value is -1.75. The highest BCUT2D eigenvalue weighted by molar-refractivity contribution is 6.32. The van der Waals surface area contributed by atoms with Crippen molar-refractivity contribution in [2.24, 2.45) is 0 Å². The minimum absolute atomic E-state index is 0.0302. The largest absolute Gasteiger partial charge is 0.506 e. The number of amides is 2. The third-order valence-electron chi connectivity index (χ3n) is 3.42. The second-order valence-electron chi connectivity index (χ2n) is 4.95. The van der Waals surface area contributed by atoms with E-state index < -0.39 is 0 Å². The lowest BCUT2D eigenvalue weighted by Crippen LogP contribution is -2.39. The number of urea groups is 1. The van der Waals surface area contributed by atoms with E-state index in [1.54, 1.807) is 0 Å². The molecule has 2 amide bonds. The average Bonchev–Trinajstić information content (AvgIpc) is 2.43. The summed E-state index contributed by atoms with van der Waals surface area (Å²) in [6.07, 6.45) is 5.95. The molecule has 5 nitrogen and oxygen atoms in total. The molecule has 0 spiro atoms. The molecule has 2 rings (SSSR count). The maximum atomic E-state index is 11.9. The average molecular weight is 297 g/mol. The molecule has 0 atom stereocenters. The Morgan fingerprint density at radius 3 is 2.65 bits per heavy atom. The van der Waals surface area contributed by atoms with Gasteiger partial charge in [-0.15, -0.1) is 0 Å². The molecule has 3 N–H and O–H groups in total. The number of hydrogen-bond donors (Lipinski definition) is 3. The van der Waals surface area contributed by atoms with Crippen LogP contribution in [0, 0.1) is 0 Å². The smallest absolute Gasteiger partial charge is 0.319 e. The molecule has 0 saturated heterocycles. The zero-order valence-electron chi connectivity index (χ0n) is 11.0. The van der Waals surface area contributed by atoms with Gasteiger partial charge in [0.05, 0.1) is 10.6 Å². The van der Waals surface area contributed by atoms with E-state index in [-0.39, 0.29) is 28.4 Å². The summed E-state index contributed by atoms with van der Waals surface area (Å²) in [4.78, 5) is 22.6. The van der Waals surface area contributed by atoms with Gasteiger partial charge in [-0.1, -0.05) is 30.9 Å². The Morgan fingerprint density at radius 2 is 2.00 bits per heavy atom. The summed E-state index contributed by atoms with van der Waals surface area (Å²) in [7, 11) is 0. The van der Waals surface area contributed by atoms with Crippen LogP contribution >= 0.6 is 11.6 Å². The predicted octanol–water partition coefficient (Wildman–Crippen LogP) is 3.31. The van der Waals surface area contributed by atoms with Crippen LogP contribution in [0.15, 0.2) is 12.1 Å². The van der Waals surface area contributed by atoms with Crippen LogP contribution < -0.4 is 10.6 Å². The molecule has 0 radical (unpaired) electrons. The van der Waals surface area contributed by atoms with Crippen molar-refractivity contribution in [2.45, 2.75) is 38.1 Å². The van der Waals surface area contributed by atoms with E-state index in [2.05, 4.69) is 10.6 Å². The molecular formula is C14H17ClN2O3. The van der Waals surface area contributed by atoms with Gasteiger partial charge < -0.3 is 15.7 Å². The zero-order valence-corrected chi connectivity index (χ0v) is 11.7. The van der Waals surface area contributed by atoms with Crippen LogP contribution in [-0.4, -0.2) is 23.5 Å². The molecule has 1 saturated carbocycles. The number of phenols is 1. The standard InChI is InChI=1S/C14H17ClN2O3/c15-12-7-11(6-9(8-18)13(12)19)17-14(20)16-10-4-2-1-3-5-10/h6-8,10,19H,1-5H2,(H2,16,17,20). The fourth-order valence-corrected chi connectivity index (χ4v) is 2.61. The first-order valence-corrected chi connectivity index (χ1v) is 7.03. The second kappa shape index (κ2) is 6.61. The van der Waals surface area contributed by atoms with Crippen molar-refractivity contribution in [3.63, 3.8) is 0 Å². The first kappa shape index (κ1) is 14.7. The highest BCUT2D eigenvalue weighted by atomic mass is 35.5. The molecule has 0 bridgehead atoms. The molecule has 1 aromatic rings. The Kier molecular flexibility index (Phi) is 4.84. The Balaban J connectivity index is 2.00. The predicted molar refractivity (Wildman–Crippen MR) is 77.5 cm³/mol. The van der Waals surface area contributed by atoms with E-state index in [9.17, 15) is 14.7 Å². The SMILES string of the molecule is O=Cc1cc(NC(=O)NC2CCCCC2)cc(Cl)c1O. The molecule has 1 aliphatic rings. The molecule has 6 heteroatoms. The van der Waals surface area contributed by atoms with E-state index >= 15 is 0 Å². The number of aromatic hydroxyl groups is 1. The maximum Gasteiger partial charge on any atom is 0.319 e. The fourth-order valence-electron chi connectivity index (χ4n) is 2.38. The van der Waals surface area contributed by atoms with Crippen molar-refractivity contribution in [1.29, 1.82) is 0 Å². The van der Waals surface area contributed by atoms with Gasteiger partial charge in [0.15, 0.2) is 6.29 Å². The summed E-state index contributed by atoms with van der Waals surface area (Å²) in [6, 6.07) is 2.66. The number of rotatable bonds is 3. The van der Waals surface area contributed by atoms with Gasteiger partial charge in [0.25, 0.3) is 0 Å². The quantitative estimate of drug-likeness (QED) is 0.591. The number of hydrogen-bond acceptors (Lipinski definition) is 3. The van der Waals surface area contributed by atoms with Gasteiger partial charge in [0, 0.05) is 11.7 Å². The van der Waals surface area contributed by atoms with Gasteiger partial charge >= 0.3 is 6.03 Å². The third kappa shape index (κ3) is 3.63. The van der Waals surface area contributed by atoms with Crippen molar-refractivity contribution in [1.82, 2.24) is 5.32 Å². The molecule has 0 unspecified atom stereocenters. The van der Waals surface area contributed by atoms with E-state index in [0.29, 0.717) is 12.0 Å². The minimum atomic E-state index is -0.324.